The van der Waals surface area contributed by atoms with Crippen LogP contribution in [0.2, 0.25) is 0 Å². The Labute approximate surface area is 154 Å². The summed E-state index contributed by atoms with van der Waals surface area (Å²) in [5, 5.41) is 13.4. The van der Waals surface area contributed by atoms with Gasteiger partial charge in [-0.25, -0.2) is 4.68 Å². The predicted octanol–water partition coefficient (Wildman–Crippen LogP) is 2.81. The van der Waals surface area contributed by atoms with E-state index in [4.69, 9.17) is 10.3 Å². The fraction of sp³-hybridized carbons (Fsp3) is 0.105. The van der Waals surface area contributed by atoms with Crippen molar-refractivity contribution in [1.29, 1.82) is 0 Å². The lowest BCUT2D eigenvalue weighted by atomic mass is 10.1. The van der Waals surface area contributed by atoms with Crippen LogP contribution in [-0.2, 0) is 7.05 Å². The SMILES string of the molecule is Cc1c(-[n+]2noc([NH-])c2-c2ccc(O)cc2)c(=O)n(-c2ccccc2)n1C. The maximum absolute atomic E-state index is 13.2. The zero-order valence-corrected chi connectivity index (χ0v) is 14.7. The number of rotatable bonds is 3. The third-order valence-electron chi connectivity index (χ3n) is 4.52. The predicted molar refractivity (Wildman–Crippen MR) is 98.4 cm³/mol. The quantitative estimate of drug-likeness (QED) is 0.566. The van der Waals surface area contributed by atoms with Gasteiger partial charge in [0.1, 0.15) is 17.3 Å². The molecule has 2 heterocycles. The van der Waals surface area contributed by atoms with Crippen molar-refractivity contribution in [1.82, 2.24) is 14.6 Å². The molecule has 2 N–H and O–H groups in total. The molecule has 2 aromatic carbocycles. The van der Waals surface area contributed by atoms with Gasteiger partial charge in [-0.05, 0) is 48.0 Å². The Morgan fingerprint density at radius 1 is 1.11 bits per heavy atom. The van der Waals surface area contributed by atoms with Gasteiger partial charge in [0, 0.05) is 7.05 Å². The smallest absolute Gasteiger partial charge is 0.346 e. The van der Waals surface area contributed by atoms with Crippen molar-refractivity contribution in [3.63, 3.8) is 0 Å². The molecule has 0 aliphatic rings. The van der Waals surface area contributed by atoms with Gasteiger partial charge in [-0.1, -0.05) is 18.2 Å². The molecule has 2 aromatic heterocycles. The Balaban J connectivity index is 1.97. The number of phenols is 1. The van der Waals surface area contributed by atoms with Crippen LogP contribution in [-0.4, -0.2) is 19.7 Å². The van der Waals surface area contributed by atoms with Gasteiger partial charge in [0.25, 0.3) is 5.69 Å². The molecule has 0 unspecified atom stereocenters. The van der Waals surface area contributed by atoms with Crippen molar-refractivity contribution >= 4 is 5.88 Å². The van der Waals surface area contributed by atoms with Crippen molar-refractivity contribution in [3.8, 4) is 28.4 Å². The number of para-hydroxylation sites is 1. The third kappa shape index (κ3) is 2.58. The van der Waals surface area contributed by atoms with Crippen LogP contribution in [0.5, 0.6) is 5.75 Å². The summed E-state index contributed by atoms with van der Waals surface area (Å²) in [6, 6.07) is 15.6. The van der Waals surface area contributed by atoms with E-state index in [1.807, 2.05) is 37.3 Å². The van der Waals surface area contributed by atoms with E-state index in [0.717, 1.165) is 5.69 Å². The first kappa shape index (κ1) is 16.6. The highest BCUT2D eigenvalue weighted by Crippen LogP contribution is 2.28. The lowest BCUT2D eigenvalue weighted by Gasteiger charge is -2.06. The van der Waals surface area contributed by atoms with Gasteiger partial charge in [0.2, 0.25) is 5.27 Å². The van der Waals surface area contributed by atoms with Crippen LogP contribution in [0.15, 0.2) is 63.9 Å². The molecule has 0 radical (unpaired) electrons. The number of nitrogens with one attached hydrogen (secondary N) is 1. The van der Waals surface area contributed by atoms with Gasteiger partial charge >= 0.3 is 11.2 Å². The van der Waals surface area contributed by atoms with E-state index in [2.05, 4.69) is 5.27 Å². The summed E-state index contributed by atoms with van der Waals surface area (Å²) in [7, 11) is 1.79. The summed E-state index contributed by atoms with van der Waals surface area (Å²) in [4.78, 5) is 13.2. The third-order valence-corrected chi connectivity index (χ3v) is 4.52. The molecule has 4 rings (SSSR count). The van der Waals surface area contributed by atoms with E-state index in [1.54, 1.807) is 23.9 Å². The number of hydrogen-bond acceptors (Lipinski definition) is 4. The molecule has 0 saturated heterocycles. The molecule has 0 aliphatic heterocycles. The highest BCUT2D eigenvalue weighted by molar-refractivity contribution is 5.68. The lowest BCUT2D eigenvalue weighted by Crippen LogP contribution is -2.40. The van der Waals surface area contributed by atoms with E-state index >= 15 is 0 Å². The normalized spacial score (nSPS) is 11.0. The van der Waals surface area contributed by atoms with Crippen molar-refractivity contribution < 1.29 is 14.3 Å². The van der Waals surface area contributed by atoms with Crippen LogP contribution in [0.1, 0.15) is 5.69 Å². The zero-order chi connectivity index (χ0) is 19.1. The Kier molecular flexibility index (Phi) is 3.80. The topological polar surface area (TPSA) is 101 Å². The fourth-order valence-corrected chi connectivity index (χ4v) is 3.09. The number of phenolic OH excluding ortho intramolecular Hbond substituents is 1. The second-order valence-electron chi connectivity index (χ2n) is 6.12. The molecule has 136 valence electrons. The van der Waals surface area contributed by atoms with Crippen LogP contribution in [0.3, 0.4) is 0 Å². The lowest BCUT2D eigenvalue weighted by molar-refractivity contribution is -0.661. The minimum absolute atomic E-state index is 0.107. The molecule has 8 nitrogen and oxygen atoms in total. The Hall–Kier alpha value is -3.81. The first-order valence-corrected chi connectivity index (χ1v) is 8.26. The summed E-state index contributed by atoms with van der Waals surface area (Å²) in [5.74, 6) is -0.0646. The Bertz CT molecular complexity index is 1170. The summed E-state index contributed by atoms with van der Waals surface area (Å²) >= 11 is 0. The van der Waals surface area contributed by atoms with Gasteiger partial charge < -0.3 is 15.4 Å². The van der Waals surface area contributed by atoms with E-state index < -0.39 is 0 Å². The van der Waals surface area contributed by atoms with Crippen LogP contribution >= 0.6 is 0 Å². The first-order valence-electron chi connectivity index (χ1n) is 8.26. The molecule has 0 fully saturated rings. The molecule has 4 aromatic rings. The number of aromatic nitrogens is 4. The number of aromatic hydroxyl groups is 1. The van der Waals surface area contributed by atoms with Crippen LogP contribution in [0.4, 0.5) is 5.88 Å². The monoisotopic (exact) mass is 363 g/mol. The largest absolute Gasteiger partial charge is 0.660 e. The van der Waals surface area contributed by atoms with Crippen LogP contribution in [0, 0.1) is 6.92 Å². The van der Waals surface area contributed by atoms with E-state index in [1.165, 1.54) is 21.5 Å². The molecular formula is C19H17N5O3. The highest BCUT2D eigenvalue weighted by atomic mass is 16.5. The van der Waals surface area contributed by atoms with Gasteiger partial charge in [0.05, 0.1) is 11.3 Å². The summed E-state index contributed by atoms with van der Waals surface area (Å²) in [6.07, 6.45) is 0. The summed E-state index contributed by atoms with van der Waals surface area (Å²) in [5.41, 5.74) is 10.4. The van der Waals surface area contributed by atoms with Crippen LogP contribution < -0.4 is 10.2 Å². The molecule has 0 atom stereocenters. The van der Waals surface area contributed by atoms with E-state index in [-0.39, 0.29) is 17.2 Å². The number of nitrogens with zero attached hydrogens (tertiary/aromatic N) is 4. The standard InChI is InChI=1S/C19H16N5O3/c1-12-16(19(26)24(22(12)2)14-6-4-3-5-7-14)23-17(18(20)27-21-23)13-8-10-15(25)11-9-13/h3-11,20H,1-2H3/q-1/p+1. The maximum Gasteiger partial charge on any atom is 0.346 e. The molecule has 0 bridgehead atoms. The van der Waals surface area contributed by atoms with E-state index in [9.17, 15) is 9.90 Å². The molecular weight excluding hydrogens is 346 g/mol. The summed E-state index contributed by atoms with van der Waals surface area (Å²) < 4.78 is 9.67. The summed E-state index contributed by atoms with van der Waals surface area (Å²) in [6.45, 7) is 1.81. The maximum atomic E-state index is 13.2. The minimum atomic E-state index is -0.278. The molecule has 8 heteroatoms. The van der Waals surface area contributed by atoms with Crippen LogP contribution in [0.25, 0.3) is 28.4 Å². The minimum Gasteiger partial charge on any atom is -0.660 e. The molecule has 0 spiro atoms. The number of hydrogen-bond donors (Lipinski definition) is 1. The van der Waals surface area contributed by atoms with Gasteiger partial charge in [-0.3, -0.25) is 9.48 Å². The fourth-order valence-electron chi connectivity index (χ4n) is 3.09. The van der Waals surface area contributed by atoms with E-state index in [0.29, 0.717) is 22.6 Å². The van der Waals surface area contributed by atoms with Gasteiger partial charge in [-0.2, -0.15) is 0 Å². The molecule has 0 saturated carbocycles. The zero-order valence-electron chi connectivity index (χ0n) is 14.7. The number of benzene rings is 2. The Morgan fingerprint density at radius 3 is 2.44 bits per heavy atom. The Morgan fingerprint density at radius 2 is 1.78 bits per heavy atom. The average molecular weight is 363 g/mol. The second kappa shape index (κ2) is 6.17. The van der Waals surface area contributed by atoms with Crippen molar-refractivity contribution in [2.45, 2.75) is 6.92 Å². The molecule has 0 amide bonds. The van der Waals surface area contributed by atoms with Gasteiger partial charge in [0.15, 0.2) is 0 Å². The first-order chi connectivity index (χ1) is 13.0. The van der Waals surface area contributed by atoms with Crippen molar-refractivity contribution in [3.05, 3.63) is 76.4 Å². The second-order valence-corrected chi connectivity index (χ2v) is 6.12. The average Bonchev–Trinajstić information content (AvgIpc) is 3.14. The van der Waals surface area contributed by atoms with Crippen molar-refractivity contribution in [2.24, 2.45) is 7.05 Å². The molecule has 27 heavy (non-hydrogen) atoms. The van der Waals surface area contributed by atoms with Gasteiger partial charge in [-0.15, -0.1) is 0 Å². The van der Waals surface area contributed by atoms with Crippen molar-refractivity contribution in [2.75, 3.05) is 0 Å². The highest BCUT2D eigenvalue weighted by Gasteiger charge is 2.32. The molecule has 0 aliphatic carbocycles.